The standard InChI is InChI=1S/C15H30N4O/c1-14(2)18(3)10-5-6-11-19-12-9-17-15(19)16-8-7-13-20-4/h9,12,14H,5-8,10-11,13H2,1-4H3,(H,16,17). The zero-order chi connectivity index (χ0) is 14.8. The van der Waals surface area contributed by atoms with Gasteiger partial charge in [0.2, 0.25) is 5.95 Å². The molecule has 0 saturated heterocycles. The number of ether oxygens (including phenoxy) is 1. The molecule has 20 heavy (non-hydrogen) atoms. The first-order valence-electron chi connectivity index (χ1n) is 7.59. The Balaban J connectivity index is 2.22. The lowest BCUT2D eigenvalue weighted by Gasteiger charge is -2.20. The first-order valence-corrected chi connectivity index (χ1v) is 7.59. The molecule has 0 unspecified atom stereocenters. The molecule has 0 spiro atoms. The highest BCUT2D eigenvalue weighted by atomic mass is 16.5. The Kier molecular flexibility index (Phi) is 8.30. The predicted octanol–water partition coefficient (Wildman–Crippen LogP) is 2.45. The van der Waals surface area contributed by atoms with E-state index in [4.69, 9.17) is 4.74 Å². The molecule has 0 fully saturated rings. The lowest BCUT2D eigenvalue weighted by atomic mass is 10.2. The summed E-state index contributed by atoms with van der Waals surface area (Å²) in [5, 5.41) is 3.36. The van der Waals surface area contributed by atoms with Gasteiger partial charge in [-0.15, -0.1) is 0 Å². The molecule has 0 saturated carbocycles. The van der Waals surface area contributed by atoms with Crippen molar-refractivity contribution in [2.75, 3.05) is 39.2 Å². The van der Waals surface area contributed by atoms with Crippen molar-refractivity contribution in [1.29, 1.82) is 0 Å². The van der Waals surface area contributed by atoms with Crippen LogP contribution in [0.25, 0.3) is 0 Å². The van der Waals surface area contributed by atoms with Gasteiger partial charge in [-0.3, -0.25) is 0 Å². The van der Waals surface area contributed by atoms with Crippen LogP contribution in [0.1, 0.15) is 33.1 Å². The number of aryl methyl sites for hydroxylation is 1. The first-order chi connectivity index (χ1) is 9.65. The zero-order valence-corrected chi connectivity index (χ0v) is 13.4. The SMILES string of the molecule is COCCCNc1nccn1CCCCN(C)C(C)C. The van der Waals surface area contributed by atoms with E-state index >= 15 is 0 Å². The van der Waals surface area contributed by atoms with E-state index in [0.29, 0.717) is 6.04 Å². The lowest BCUT2D eigenvalue weighted by molar-refractivity contribution is 0.197. The number of hydrogen-bond donors (Lipinski definition) is 1. The molecule has 0 bridgehead atoms. The number of nitrogens with zero attached hydrogens (tertiary/aromatic N) is 3. The van der Waals surface area contributed by atoms with E-state index in [1.807, 2.05) is 12.4 Å². The summed E-state index contributed by atoms with van der Waals surface area (Å²) in [6, 6.07) is 0.626. The number of anilines is 1. The largest absolute Gasteiger partial charge is 0.385 e. The van der Waals surface area contributed by atoms with Crippen LogP contribution in [0.4, 0.5) is 5.95 Å². The second-order valence-electron chi connectivity index (χ2n) is 5.50. The van der Waals surface area contributed by atoms with Gasteiger partial charge < -0.3 is 19.5 Å². The van der Waals surface area contributed by atoms with Gasteiger partial charge in [-0.2, -0.15) is 0 Å². The summed E-state index contributed by atoms with van der Waals surface area (Å²) in [7, 11) is 3.92. The highest BCUT2D eigenvalue weighted by Gasteiger charge is 2.04. The van der Waals surface area contributed by atoms with Gasteiger partial charge in [-0.1, -0.05) is 0 Å². The molecule has 0 aliphatic carbocycles. The van der Waals surface area contributed by atoms with Crippen LogP contribution < -0.4 is 5.32 Å². The van der Waals surface area contributed by atoms with Crippen molar-refractivity contribution in [3.05, 3.63) is 12.4 Å². The Bertz CT molecular complexity index is 351. The summed E-state index contributed by atoms with van der Waals surface area (Å²) in [6.07, 6.45) is 7.31. The molecule has 116 valence electrons. The summed E-state index contributed by atoms with van der Waals surface area (Å²) in [4.78, 5) is 6.74. The fourth-order valence-corrected chi connectivity index (χ4v) is 1.98. The molecule has 0 aromatic carbocycles. The van der Waals surface area contributed by atoms with Crippen molar-refractivity contribution in [3.63, 3.8) is 0 Å². The molecular formula is C15H30N4O. The third-order valence-electron chi connectivity index (χ3n) is 3.57. The molecule has 0 aliphatic rings. The monoisotopic (exact) mass is 282 g/mol. The van der Waals surface area contributed by atoms with Crippen LogP contribution in [0.5, 0.6) is 0 Å². The van der Waals surface area contributed by atoms with E-state index in [9.17, 15) is 0 Å². The van der Waals surface area contributed by atoms with Crippen LogP contribution in [0, 0.1) is 0 Å². The molecule has 1 aromatic rings. The second-order valence-corrected chi connectivity index (χ2v) is 5.50. The molecule has 1 N–H and O–H groups in total. The molecule has 0 aliphatic heterocycles. The predicted molar refractivity (Wildman–Crippen MR) is 84.2 cm³/mol. The second kappa shape index (κ2) is 9.77. The fraction of sp³-hybridized carbons (Fsp3) is 0.800. The highest BCUT2D eigenvalue weighted by molar-refractivity contribution is 5.25. The smallest absolute Gasteiger partial charge is 0.202 e. The number of hydrogen-bond acceptors (Lipinski definition) is 4. The first kappa shape index (κ1) is 17.0. The minimum atomic E-state index is 0.626. The maximum atomic E-state index is 5.04. The average Bonchev–Trinajstić information content (AvgIpc) is 2.87. The van der Waals surface area contributed by atoms with Gasteiger partial charge in [0, 0.05) is 45.2 Å². The van der Waals surface area contributed by atoms with E-state index in [1.54, 1.807) is 7.11 Å². The summed E-state index contributed by atoms with van der Waals surface area (Å²) in [6.45, 7) is 8.34. The molecule has 1 heterocycles. The number of methoxy groups -OCH3 is 1. The average molecular weight is 282 g/mol. The molecule has 0 atom stereocenters. The van der Waals surface area contributed by atoms with Gasteiger partial charge >= 0.3 is 0 Å². The van der Waals surface area contributed by atoms with Crippen molar-refractivity contribution in [1.82, 2.24) is 14.5 Å². The Morgan fingerprint density at radius 2 is 2.15 bits per heavy atom. The highest BCUT2D eigenvalue weighted by Crippen LogP contribution is 2.07. The Labute approximate surface area is 123 Å². The van der Waals surface area contributed by atoms with Gasteiger partial charge in [-0.25, -0.2) is 4.98 Å². The van der Waals surface area contributed by atoms with Gasteiger partial charge in [0.15, 0.2) is 0 Å². The number of unbranched alkanes of at least 4 members (excludes halogenated alkanes) is 1. The third kappa shape index (κ3) is 6.39. The van der Waals surface area contributed by atoms with Crippen LogP contribution in [0.3, 0.4) is 0 Å². The lowest BCUT2D eigenvalue weighted by Crippen LogP contribution is -2.27. The van der Waals surface area contributed by atoms with Crippen LogP contribution in [0.2, 0.25) is 0 Å². The fourth-order valence-electron chi connectivity index (χ4n) is 1.98. The van der Waals surface area contributed by atoms with E-state index in [0.717, 1.165) is 38.6 Å². The third-order valence-corrected chi connectivity index (χ3v) is 3.57. The summed E-state index contributed by atoms with van der Waals surface area (Å²) < 4.78 is 7.24. The minimum absolute atomic E-state index is 0.626. The van der Waals surface area contributed by atoms with Gasteiger partial charge in [0.05, 0.1) is 0 Å². The van der Waals surface area contributed by atoms with E-state index in [-0.39, 0.29) is 0 Å². The molecule has 1 rings (SSSR count). The Morgan fingerprint density at radius 3 is 2.85 bits per heavy atom. The maximum Gasteiger partial charge on any atom is 0.202 e. The number of rotatable bonds is 11. The molecular weight excluding hydrogens is 252 g/mol. The molecule has 1 aromatic heterocycles. The van der Waals surface area contributed by atoms with Crippen molar-refractivity contribution in [3.8, 4) is 0 Å². The van der Waals surface area contributed by atoms with E-state index in [1.165, 1.54) is 12.8 Å². The van der Waals surface area contributed by atoms with Crippen LogP contribution in [-0.2, 0) is 11.3 Å². The Morgan fingerprint density at radius 1 is 1.35 bits per heavy atom. The summed E-state index contributed by atoms with van der Waals surface area (Å²) in [5.41, 5.74) is 0. The van der Waals surface area contributed by atoms with Crippen molar-refractivity contribution < 1.29 is 4.74 Å². The molecule has 0 radical (unpaired) electrons. The molecule has 5 nitrogen and oxygen atoms in total. The van der Waals surface area contributed by atoms with E-state index < -0.39 is 0 Å². The van der Waals surface area contributed by atoms with Crippen LogP contribution in [-0.4, -0.2) is 54.3 Å². The normalized spacial score (nSPS) is 11.5. The van der Waals surface area contributed by atoms with Crippen LogP contribution >= 0.6 is 0 Å². The Hall–Kier alpha value is -1.07. The summed E-state index contributed by atoms with van der Waals surface area (Å²) in [5.74, 6) is 0.971. The maximum absolute atomic E-state index is 5.04. The van der Waals surface area contributed by atoms with Gasteiger partial charge in [0.25, 0.3) is 0 Å². The number of imidazole rings is 1. The van der Waals surface area contributed by atoms with Crippen molar-refractivity contribution in [2.24, 2.45) is 0 Å². The van der Waals surface area contributed by atoms with Gasteiger partial charge in [0.1, 0.15) is 0 Å². The number of nitrogens with one attached hydrogen (secondary N) is 1. The zero-order valence-electron chi connectivity index (χ0n) is 13.4. The molecule has 0 amide bonds. The van der Waals surface area contributed by atoms with Crippen molar-refractivity contribution in [2.45, 2.75) is 45.7 Å². The van der Waals surface area contributed by atoms with E-state index in [2.05, 4.69) is 40.7 Å². The van der Waals surface area contributed by atoms with Crippen molar-refractivity contribution >= 4 is 5.95 Å². The summed E-state index contributed by atoms with van der Waals surface area (Å²) >= 11 is 0. The number of aromatic nitrogens is 2. The van der Waals surface area contributed by atoms with Crippen LogP contribution in [0.15, 0.2) is 12.4 Å². The quantitative estimate of drug-likeness (QED) is 0.633. The van der Waals surface area contributed by atoms with Gasteiger partial charge in [-0.05, 0) is 46.7 Å². The molecule has 5 heteroatoms. The minimum Gasteiger partial charge on any atom is -0.385 e. The topological polar surface area (TPSA) is 42.3 Å².